The molecule has 0 spiro atoms. The molecule has 8 heteroatoms. The Morgan fingerprint density at radius 2 is 1.94 bits per heavy atom. The fourth-order valence-corrected chi connectivity index (χ4v) is 1.89. The van der Waals surface area contributed by atoms with Crippen LogP contribution in [0.15, 0.2) is 6.07 Å². The van der Waals surface area contributed by atoms with Gasteiger partial charge in [-0.25, -0.2) is 0 Å². The van der Waals surface area contributed by atoms with Crippen LogP contribution >= 0.6 is 34.8 Å². The van der Waals surface area contributed by atoms with Gasteiger partial charge in [0.15, 0.2) is 0 Å². The van der Waals surface area contributed by atoms with Gasteiger partial charge in [0, 0.05) is 4.92 Å². The molecule has 0 saturated carbocycles. The molecule has 0 heterocycles. The van der Waals surface area contributed by atoms with Crippen molar-refractivity contribution in [2.75, 3.05) is 6.54 Å². The molecule has 1 atom stereocenters. The smallest absolute Gasteiger partial charge is 0.233 e. The van der Waals surface area contributed by atoms with Gasteiger partial charge in [-0.05, 0) is 6.07 Å². The number of aromatic hydroxyl groups is 1. The maximum Gasteiger partial charge on any atom is 0.233 e. The highest BCUT2D eigenvalue weighted by molar-refractivity contribution is 6.44. The molecule has 0 fully saturated rings. The van der Waals surface area contributed by atoms with Gasteiger partial charge in [0.1, 0.15) is 11.9 Å². The predicted molar refractivity (Wildman–Crippen MR) is 60.0 cm³/mol. The molecule has 1 aromatic carbocycles. The Balaban J connectivity index is 3.26. The van der Waals surface area contributed by atoms with Crippen molar-refractivity contribution in [1.82, 2.24) is 0 Å². The van der Waals surface area contributed by atoms with Gasteiger partial charge >= 0.3 is 0 Å². The van der Waals surface area contributed by atoms with Crippen molar-refractivity contribution in [2.24, 2.45) is 0 Å². The molecule has 1 unspecified atom stereocenters. The highest BCUT2D eigenvalue weighted by Crippen LogP contribution is 2.41. The lowest BCUT2D eigenvalue weighted by atomic mass is 10.1. The van der Waals surface area contributed by atoms with Gasteiger partial charge in [-0.3, -0.25) is 10.1 Å². The Morgan fingerprint density at radius 3 is 2.44 bits per heavy atom. The summed E-state index contributed by atoms with van der Waals surface area (Å²) in [5.74, 6) is -0.509. The fraction of sp³-hybridized carbons (Fsp3) is 0.250. The number of phenols is 1. The minimum absolute atomic E-state index is 0.00173. The van der Waals surface area contributed by atoms with E-state index in [4.69, 9.17) is 34.8 Å². The monoisotopic (exact) mass is 285 g/mol. The number of aliphatic hydroxyl groups is 1. The number of nitrogens with zero attached hydrogens (tertiary/aromatic N) is 1. The van der Waals surface area contributed by atoms with E-state index in [0.717, 1.165) is 0 Å². The number of nitro groups is 1. The zero-order valence-electron chi connectivity index (χ0n) is 7.65. The highest BCUT2D eigenvalue weighted by Gasteiger charge is 2.24. The van der Waals surface area contributed by atoms with Crippen LogP contribution in [-0.2, 0) is 0 Å². The van der Waals surface area contributed by atoms with Crippen LogP contribution in [0.5, 0.6) is 5.75 Å². The third kappa shape index (κ3) is 2.68. The van der Waals surface area contributed by atoms with Crippen molar-refractivity contribution >= 4 is 34.8 Å². The first-order valence-electron chi connectivity index (χ1n) is 4.00. The van der Waals surface area contributed by atoms with Crippen LogP contribution in [0.25, 0.3) is 0 Å². The predicted octanol–water partition coefficient (Wildman–Crippen LogP) is 2.66. The van der Waals surface area contributed by atoms with E-state index in [2.05, 4.69) is 0 Å². The summed E-state index contributed by atoms with van der Waals surface area (Å²) in [5.41, 5.74) is -0.240. The van der Waals surface area contributed by atoms with Gasteiger partial charge in [0.2, 0.25) is 6.54 Å². The van der Waals surface area contributed by atoms with Crippen LogP contribution in [0.2, 0.25) is 15.1 Å². The van der Waals surface area contributed by atoms with Crippen LogP contribution in [0.1, 0.15) is 11.7 Å². The second-order valence-electron chi connectivity index (χ2n) is 2.95. The number of halogens is 3. The summed E-state index contributed by atoms with van der Waals surface area (Å²) < 4.78 is 0. The summed E-state index contributed by atoms with van der Waals surface area (Å²) in [6.07, 6.45) is -1.57. The lowest BCUT2D eigenvalue weighted by Gasteiger charge is -2.13. The number of aliphatic hydroxyl groups excluding tert-OH is 1. The maximum absolute atomic E-state index is 10.2. The van der Waals surface area contributed by atoms with Gasteiger partial charge in [0.25, 0.3) is 0 Å². The number of hydrogen-bond donors (Lipinski definition) is 2. The van der Waals surface area contributed by atoms with Crippen molar-refractivity contribution in [2.45, 2.75) is 6.10 Å². The first-order chi connectivity index (χ1) is 7.34. The summed E-state index contributed by atoms with van der Waals surface area (Å²) >= 11 is 17.0. The van der Waals surface area contributed by atoms with Gasteiger partial charge < -0.3 is 10.2 Å². The fourth-order valence-electron chi connectivity index (χ4n) is 1.14. The number of phenolic OH excluding ortho intramolecular Hbond substituents is 1. The number of hydrogen-bond acceptors (Lipinski definition) is 4. The molecule has 0 aliphatic heterocycles. The SMILES string of the molecule is O=[N+]([O-])CC(O)c1c(O)c(Cl)cc(Cl)c1Cl. The highest BCUT2D eigenvalue weighted by atomic mass is 35.5. The molecule has 2 N–H and O–H groups in total. The van der Waals surface area contributed by atoms with E-state index in [1.54, 1.807) is 0 Å². The van der Waals surface area contributed by atoms with E-state index in [1.807, 2.05) is 0 Å². The molecule has 0 amide bonds. The van der Waals surface area contributed by atoms with E-state index >= 15 is 0 Å². The Hall–Kier alpha value is -0.750. The number of benzene rings is 1. The van der Waals surface area contributed by atoms with Crippen LogP contribution in [-0.4, -0.2) is 21.7 Å². The average molecular weight is 286 g/mol. The Morgan fingerprint density at radius 1 is 1.38 bits per heavy atom. The summed E-state index contributed by atoms with van der Waals surface area (Å²) in [6.45, 7) is -0.802. The summed E-state index contributed by atoms with van der Waals surface area (Å²) in [7, 11) is 0. The second-order valence-corrected chi connectivity index (χ2v) is 4.14. The van der Waals surface area contributed by atoms with Crippen LogP contribution in [0, 0.1) is 10.1 Å². The lowest BCUT2D eigenvalue weighted by molar-refractivity contribution is -0.491. The molecule has 0 saturated heterocycles. The standard InChI is InChI=1S/C8H6Cl3NO4/c9-3-1-4(10)8(14)6(7(3)11)5(13)2-12(15)16/h1,5,13-14H,2H2. The minimum Gasteiger partial charge on any atom is -0.506 e. The van der Waals surface area contributed by atoms with Crippen LogP contribution in [0.3, 0.4) is 0 Å². The van der Waals surface area contributed by atoms with Gasteiger partial charge in [-0.15, -0.1) is 0 Å². The lowest BCUT2D eigenvalue weighted by Crippen LogP contribution is -2.12. The molecular weight excluding hydrogens is 280 g/mol. The topological polar surface area (TPSA) is 83.6 Å². The van der Waals surface area contributed by atoms with Crippen molar-refractivity contribution in [1.29, 1.82) is 0 Å². The molecule has 0 aromatic heterocycles. The zero-order valence-corrected chi connectivity index (χ0v) is 9.92. The van der Waals surface area contributed by atoms with Crippen LogP contribution in [0.4, 0.5) is 0 Å². The third-order valence-electron chi connectivity index (χ3n) is 1.84. The zero-order chi connectivity index (χ0) is 12.5. The van der Waals surface area contributed by atoms with Crippen molar-refractivity contribution < 1.29 is 15.1 Å². The summed E-state index contributed by atoms with van der Waals surface area (Å²) in [5, 5.41) is 29.0. The van der Waals surface area contributed by atoms with E-state index in [1.165, 1.54) is 6.07 Å². The molecule has 0 radical (unpaired) electrons. The van der Waals surface area contributed by atoms with Crippen molar-refractivity contribution in [3.05, 3.63) is 36.8 Å². The quantitative estimate of drug-likeness (QED) is 0.508. The van der Waals surface area contributed by atoms with Gasteiger partial charge in [0.05, 0.1) is 20.6 Å². The summed E-state index contributed by atoms with van der Waals surface area (Å²) in [6, 6.07) is 1.18. The average Bonchev–Trinajstić information content (AvgIpc) is 2.14. The Labute approximate surface area is 105 Å². The molecule has 0 bridgehead atoms. The number of rotatable bonds is 3. The van der Waals surface area contributed by atoms with E-state index in [9.17, 15) is 20.3 Å². The Kier molecular flexibility index (Phi) is 4.21. The first kappa shape index (κ1) is 13.3. The molecule has 0 aliphatic carbocycles. The second kappa shape index (κ2) is 5.05. The van der Waals surface area contributed by atoms with Crippen molar-refractivity contribution in [3.63, 3.8) is 0 Å². The molecule has 1 rings (SSSR count). The van der Waals surface area contributed by atoms with Gasteiger partial charge in [-0.2, -0.15) is 0 Å². The molecule has 1 aromatic rings. The van der Waals surface area contributed by atoms with E-state index < -0.39 is 23.3 Å². The summed E-state index contributed by atoms with van der Waals surface area (Å²) in [4.78, 5) is 9.49. The molecular formula is C8H6Cl3NO4. The van der Waals surface area contributed by atoms with E-state index in [0.29, 0.717) is 0 Å². The largest absolute Gasteiger partial charge is 0.506 e. The maximum atomic E-state index is 10.2. The van der Waals surface area contributed by atoms with E-state index in [-0.39, 0.29) is 20.6 Å². The molecule has 0 aliphatic rings. The first-order valence-corrected chi connectivity index (χ1v) is 5.14. The van der Waals surface area contributed by atoms with Gasteiger partial charge in [-0.1, -0.05) is 34.8 Å². The van der Waals surface area contributed by atoms with Crippen LogP contribution < -0.4 is 0 Å². The molecule has 5 nitrogen and oxygen atoms in total. The molecule has 88 valence electrons. The third-order valence-corrected chi connectivity index (χ3v) is 2.93. The molecule has 16 heavy (non-hydrogen) atoms. The minimum atomic E-state index is -1.57. The Bertz CT molecular complexity index is 412. The normalized spacial score (nSPS) is 12.5. The van der Waals surface area contributed by atoms with Crippen molar-refractivity contribution in [3.8, 4) is 5.75 Å².